The van der Waals surface area contributed by atoms with Crippen LogP contribution in [0.3, 0.4) is 0 Å². The Labute approximate surface area is 220 Å². The summed E-state index contributed by atoms with van der Waals surface area (Å²) >= 11 is 0. The Morgan fingerprint density at radius 3 is 0.467 bits per heavy atom. The third kappa shape index (κ3) is 548. The van der Waals surface area contributed by atoms with Crippen LogP contribution in [0.2, 0.25) is 0 Å². The quantitative estimate of drug-likeness (QED) is 0.0558. The van der Waals surface area contributed by atoms with Crippen LogP contribution in [0.4, 0.5) is 0 Å². The van der Waals surface area contributed by atoms with Crippen molar-refractivity contribution in [2.24, 2.45) is 15.5 Å². The Kier molecular flexibility index (Phi) is 98.6. The van der Waals surface area contributed by atoms with Gasteiger partial charge in [0.25, 0.3) is 0 Å². The van der Waals surface area contributed by atoms with E-state index in [2.05, 4.69) is 15.5 Å². The van der Waals surface area contributed by atoms with Crippen LogP contribution in [-0.2, 0) is 61.3 Å². The second-order valence-electron chi connectivity index (χ2n) is 5.04. The second kappa shape index (κ2) is 51.6. The summed E-state index contributed by atoms with van der Waals surface area (Å²) in [6.07, 6.45) is -3.50. The van der Waals surface area contributed by atoms with E-state index in [4.69, 9.17) is 46.3 Å². The molecule has 0 rings (SSSR count). The molecule has 12 nitrogen and oxygen atoms in total. The average molecular weight is 725 g/mol. The van der Waals surface area contributed by atoms with Crippen LogP contribution in [0.15, 0.2) is 15.5 Å². The Morgan fingerprint density at radius 1 is 0.433 bits per heavy atom. The van der Waals surface area contributed by atoms with Crippen LogP contribution in [0.1, 0.15) is 62.3 Å². The Balaban J connectivity index is -0.0000000248. The Bertz CT molecular complexity index is 287. The van der Waals surface area contributed by atoms with Crippen molar-refractivity contribution in [1.29, 1.82) is 0 Å². The molecule has 198 valence electrons. The van der Waals surface area contributed by atoms with Gasteiger partial charge in [0.2, 0.25) is 0 Å². The van der Waals surface area contributed by atoms with E-state index >= 15 is 0 Å². The average Bonchev–Trinajstić information content (AvgIpc) is 2.46. The van der Waals surface area contributed by atoms with E-state index in [-0.39, 0.29) is 61.3 Å². The summed E-state index contributed by atoms with van der Waals surface area (Å²) in [6.45, 7) is 14.2. The summed E-state index contributed by atoms with van der Waals surface area (Å²) in [4.78, 5) is 0. The van der Waals surface area contributed by atoms with Crippen molar-refractivity contribution in [2.75, 3.05) is 0 Å². The van der Waals surface area contributed by atoms with Crippen molar-refractivity contribution in [2.45, 2.75) is 81.2 Å². The Morgan fingerprint density at radius 2 is 0.467 bits per heavy atom. The van der Waals surface area contributed by atoms with Crippen LogP contribution in [-0.4, -0.2) is 82.3 Å². The predicted molar refractivity (Wildman–Crippen MR) is 103 cm³/mol. The van der Waals surface area contributed by atoms with Gasteiger partial charge in [-0.3, -0.25) is 0 Å². The molecule has 0 spiro atoms. The maximum atomic E-state index is 7.73. The molecule has 30 heavy (non-hydrogen) atoms. The molecule has 0 saturated carbocycles. The SMILES string of the molecule is CC(C)=NO.CC(C)=NO.CC(C)=NO.CC(O)O.CC(O)O.CC(O)O.[Pd].[Pd].[Pd]. The normalized spacial score (nSPS) is 7.00. The molecule has 0 saturated heterocycles. The van der Waals surface area contributed by atoms with Crippen LogP contribution >= 0.6 is 0 Å². The first-order chi connectivity index (χ1) is 12.0. The fourth-order valence-electron chi connectivity index (χ4n) is 0. The number of nitrogens with zero attached hydrogens (tertiary/aromatic N) is 3. The third-order valence-electron chi connectivity index (χ3n) is 0.600. The van der Waals surface area contributed by atoms with Gasteiger partial charge in [-0.15, -0.1) is 0 Å². The van der Waals surface area contributed by atoms with Crippen LogP contribution in [0.25, 0.3) is 0 Å². The molecule has 0 atom stereocenters. The molecule has 0 radical (unpaired) electrons. The minimum absolute atomic E-state index is 0. The fourth-order valence-corrected chi connectivity index (χ4v) is 0. The summed E-state index contributed by atoms with van der Waals surface area (Å²) in [5, 5.41) is 77.3. The van der Waals surface area contributed by atoms with E-state index in [1.807, 2.05) is 0 Å². The van der Waals surface area contributed by atoms with Crippen LogP contribution in [0.5, 0.6) is 0 Å². The molecule has 0 aromatic carbocycles. The minimum atomic E-state index is -1.17. The van der Waals surface area contributed by atoms with Gasteiger partial charge >= 0.3 is 0 Å². The maximum Gasteiger partial charge on any atom is 0.148 e. The zero-order valence-corrected chi connectivity index (χ0v) is 23.2. The van der Waals surface area contributed by atoms with Gasteiger partial charge in [-0.2, -0.15) is 0 Å². The molecule has 0 aliphatic rings. The standard InChI is InChI=1S/3C3H7NO.3C2H6O2.3Pd/c3*1-3(2)4-5;3*1-2(3)4;;;/h3*5H,1-2H3;3*2-4H,1H3;;;. The number of oxime groups is 3. The van der Waals surface area contributed by atoms with Gasteiger partial charge in [-0.05, 0) is 62.3 Å². The second-order valence-corrected chi connectivity index (χ2v) is 5.04. The number of aliphatic hydroxyl groups excluding tert-OH is 3. The van der Waals surface area contributed by atoms with Gasteiger partial charge in [0.1, 0.15) is 18.9 Å². The Hall–Kier alpha value is 0.157. The molecule has 0 aliphatic heterocycles. The molecule has 9 N–H and O–H groups in total. The van der Waals surface area contributed by atoms with Crippen molar-refractivity contribution in [3.63, 3.8) is 0 Å². The maximum absolute atomic E-state index is 7.73. The van der Waals surface area contributed by atoms with Crippen molar-refractivity contribution in [3.05, 3.63) is 0 Å². The van der Waals surface area contributed by atoms with E-state index in [1.54, 1.807) is 41.5 Å². The van der Waals surface area contributed by atoms with Gasteiger partial charge in [0.05, 0.1) is 17.1 Å². The van der Waals surface area contributed by atoms with E-state index in [0.717, 1.165) is 0 Å². The predicted octanol–water partition coefficient (Wildman–Crippen LogP) is 0.513. The number of hydrogen-bond acceptors (Lipinski definition) is 12. The van der Waals surface area contributed by atoms with E-state index in [1.165, 1.54) is 20.8 Å². The molecule has 0 unspecified atom stereocenters. The van der Waals surface area contributed by atoms with Crippen molar-refractivity contribution in [1.82, 2.24) is 0 Å². The third-order valence-corrected chi connectivity index (χ3v) is 0.600. The first-order valence-corrected chi connectivity index (χ1v) is 7.55. The molecule has 0 bridgehead atoms. The van der Waals surface area contributed by atoms with E-state index in [9.17, 15) is 0 Å². The summed E-state index contributed by atoms with van der Waals surface area (Å²) < 4.78 is 0. The topological polar surface area (TPSA) is 219 Å². The van der Waals surface area contributed by atoms with E-state index < -0.39 is 18.9 Å². The largest absolute Gasteiger partial charge is 0.411 e. The molecule has 0 aromatic heterocycles. The fraction of sp³-hybridized carbons (Fsp3) is 0.800. The summed E-state index contributed by atoms with van der Waals surface area (Å²) in [6, 6.07) is 0. The van der Waals surface area contributed by atoms with Gasteiger partial charge in [-0.25, -0.2) is 0 Å². The zero-order valence-electron chi connectivity index (χ0n) is 18.5. The molecule has 0 heterocycles. The molecule has 0 fully saturated rings. The first-order valence-electron chi connectivity index (χ1n) is 7.55. The minimum Gasteiger partial charge on any atom is -0.411 e. The van der Waals surface area contributed by atoms with Crippen molar-refractivity contribution < 1.29 is 108 Å². The first kappa shape index (κ1) is 57.3. The van der Waals surface area contributed by atoms with Gasteiger partial charge < -0.3 is 46.3 Å². The smallest absolute Gasteiger partial charge is 0.148 e. The molecular weight excluding hydrogens is 685 g/mol. The molecular formula is C15H39N3O9Pd3. The summed E-state index contributed by atoms with van der Waals surface area (Å²) in [7, 11) is 0. The van der Waals surface area contributed by atoms with Crippen molar-refractivity contribution in [3.8, 4) is 0 Å². The summed E-state index contributed by atoms with van der Waals surface area (Å²) in [5.74, 6) is 0. The molecule has 0 amide bonds. The van der Waals surface area contributed by atoms with E-state index in [0.29, 0.717) is 17.1 Å². The monoisotopic (exact) mass is 723 g/mol. The molecule has 15 heteroatoms. The van der Waals surface area contributed by atoms with Gasteiger partial charge in [-0.1, -0.05) is 15.5 Å². The van der Waals surface area contributed by atoms with Gasteiger partial charge in [0, 0.05) is 61.3 Å². The van der Waals surface area contributed by atoms with Crippen LogP contribution < -0.4 is 0 Å². The zero-order chi connectivity index (χ0) is 23.6. The summed E-state index contributed by atoms with van der Waals surface area (Å²) in [5.41, 5.74) is 2.06. The number of rotatable bonds is 0. The van der Waals surface area contributed by atoms with Crippen LogP contribution in [0, 0.1) is 0 Å². The molecule has 0 aliphatic carbocycles. The molecule has 0 aromatic rings. The number of hydrogen-bond donors (Lipinski definition) is 9. The van der Waals surface area contributed by atoms with Gasteiger partial charge in [0.15, 0.2) is 0 Å². The van der Waals surface area contributed by atoms with Crippen molar-refractivity contribution >= 4 is 17.1 Å². The number of aliphatic hydroxyl groups is 6.